The molecule has 1 fully saturated rings. The molecule has 0 spiro atoms. The van der Waals surface area contributed by atoms with Crippen LogP contribution >= 0.6 is 15.9 Å². The van der Waals surface area contributed by atoms with Gasteiger partial charge in [-0.3, -0.25) is 0 Å². The minimum Gasteiger partial charge on any atom is -0.313 e. The minimum absolute atomic E-state index is 0.186. The Morgan fingerprint density at radius 3 is 2.74 bits per heavy atom. The third kappa shape index (κ3) is 3.38. The lowest BCUT2D eigenvalue weighted by Gasteiger charge is -2.37. The topological polar surface area (TPSA) is 12.0 Å². The molecule has 1 aliphatic rings. The van der Waals surface area contributed by atoms with Gasteiger partial charge in [0.25, 0.3) is 0 Å². The van der Waals surface area contributed by atoms with Crippen LogP contribution in [-0.4, -0.2) is 7.05 Å². The minimum atomic E-state index is -0.186. The Kier molecular flexibility index (Phi) is 5.40. The first-order valence-electron chi connectivity index (χ1n) is 7.29. The molecule has 1 aromatic rings. The van der Waals surface area contributed by atoms with Gasteiger partial charge < -0.3 is 5.32 Å². The average molecular weight is 328 g/mol. The van der Waals surface area contributed by atoms with E-state index < -0.39 is 0 Å². The summed E-state index contributed by atoms with van der Waals surface area (Å²) < 4.78 is 13.9. The molecule has 3 heteroatoms. The van der Waals surface area contributed by atoms with Gasteiger partial charge in [0, 0.05) is 6.04 Å². The smallest absolute Gasteiger partial charge is 0.137 e. The maximum atomic E-state index is 13.4. The van der Waals surface area contributed by atoms with Crippen molar-refractivity contribution in [1.29, 1.82) is 0 Å². The monoisotopic (exact) mass is 327 g/mol. The summed E-state index contributed by atoms with van der Waals surface area (Å²) in [6.45, 7) is 2.29. The number of rotatable bonds is 4. The van der Waals surface area contributed by atoms with Crippen LogP contribution in [0, 0.1) is 17.7 Å². The van der Waals surface area contributed by atoms with Crippen LogP contribution in [0.3, 0.4) is 0 Å². The highest BCUT2D eigenvalue weighted by Gasteiger charge is 2.31. The Balaban J connectivity index is 2.24. The summed E-state index contributed by atoms with van der Waals surface area (Å²) in [4.78, 5) is 0. The molecule has 0 heterocycles. The summed E-state index contributed by atoms with van der Waals surface area (Å²) in [6.07, 6.45) is 6.53. The molecule has 0 aliphatic heterocycles. The maximum absolute atomic E-state index is 13.4. The fourth-order valence-electron chi connectivity index (χ4n) is 3.52. The molecule has 1 aromatic carbocycles. The SMILES string of the molecule is CCC1CCCCC1C(NC)c1ccc(F)c(Br)c1. The van der Waals surface area contributed by atoms with E-state index in [1.165, 1.54) is 37.7 Å². The molecular formula is C16H23BrFN. The average Bonchev–Trinajstić information content (AvgIpc) is 2.44. The summed E-state index contributed by atoms with van der Waals surface area (Å²) in [5, 5.41) is 3.46. The lowest BCUT2D eigenvalue weighted by atomic mass is 9.72. The third-order valence-corrected chi connectivity index (χ3v) is 5.14. The van der Waals surface area contributed by atoms with Crippen molar-refractivity contribution in [2.75, 3.05) is 7.05 Å². The van der Waals surface area contributed by atoms with Crippen LogP contribution in [-0.2, 0) is 0 Å². The van der Waals surface area contributed by atoms with Crippen molar-refractivity contribution in [3.05, 3.63) is 34.1 Å². The molecule has 1 nitrogen and oxygen atoms in total. The van der Waals surface area contributed by atoms with Crippen molar-refractivity contribution in [3.8, 4) is 0 Å². The maximum Gasteiger partial charge on any atom is 0.137 e. The molecule has 1 aliphatic carbocycles. The van der Waals surface area contributed by atoms with E-state index in [0.717, 1.165) is 5.92 Å². The van der Waals surface area contributed by atoms with Gasteiger partial charge in [-0.1, -0.05) is 38.7 Å². The van der Waals surface area contributed by atoms with E-state index in [4.69, 9.17) is 0 Å². The number of nitrogens with one attached hydrogen (secondary N) is 1. The van der Waals surface area contributed by atoms with E-state index >= 15 is 0 Å². The van der Waals surface area contributed by atoms with Crippen LogP contribution in [0.25, 0.3) is 0 Å². The number of hydrogen-bond acceptors (Lipinski definition) is 1. The van der Waals surface area contributed by atoms with Crippen LogP contribution in [0.1, 0.15) is 50.6 Å². The number of halogens is 2. The molecule has 1 N–H and O–H groups in total. The summed E-state index contributed by atoms with van der Waals surface area (Å²) in [7, 11) is 2.02. The fraction of sp³-hybridized carbons (Fsp3) is 0.625. The van der Waals surface area contributed by atoms with E-state index in [2.05, 4.69) is 28.2 Å². The van der Waals surface area contributed by atoms with Crippen molar-refractivity contribution >= 4 is 15.9 Å². The summed E-state index contributed by atoms with van der Waals surface area (Å²) >= 11 is 3.30. The second-order valence-corrected chi connectivity index (χ2v) is 6.41. The van der Waals surface area contributed by atoms with Crippen LogP contribution < -0.4 is 5.32 Å². The van der Waals surface area contributed by atoms with Crippen LogP contribution in [0.15, 0.2) is 22.7 Å². The van der Waals surface area contributed by atoms with E-state index in [1.807, 2.05) is 19.2 Å². The Hall–Kier alpha value is -0.410. The van der Waals surface area contributed by atoms with Gasteiger partial charge in [0.1, 0.15) is 5.82 Å². The molecular weight excluding hydrogens is 305 g/mol. The van der Waals surface area contributed by atoms with Gasteiger partial charge in [-0.05, 0) is 58.9 Å². The number of benzene rings is 1. The van der Waals surface area contributed by atoms with Crippen molar-refractivity contribution < 1.29 is 4.39 Å². The molecule has 1 saturated carbocycles. The third-order valence-electron chi connectivity index (χ3n) is 4.53. The van der Waals surface area contributed by atoms with Gasteiger partial charge in [0.2, 0.25) is 0 Å². The highest BCUT2D eigenvalue weighted by molar-refractivity contribution is 9.10. The predicted octanol–water partition coefficient (Wildman–Crippen LogP) is 5.07. The van der Waals surface area contributed by atoms with E-state index in [0.29, 0.717) is 16.4 Å². The molecule has 0 aromatic heterocycles. The molecule has 0 amide bonds. The van der Waals surface area contributed by atoms with E-state index in [1.54, 1.807) is 6.07 Å². The van der Waals surface area contributed by atoms with Crippen molar-refractivity contribution in [2.45, 2.75) is 45.1 Å². The molecule has 19 heavy (non-hydrogen) atoms. The lowest BCUT2D eigenvalue weighted by molar-refractivity contribution is 0.180. The van der Waals surface area contributed by atoms with Gasteiger partial charge in [-0.25, -0.2) is 4.39 Å². The van der Waals surface area contributed by atoms with E-state index in [9.17, 15) is 4.39 Å². The molecule has 0 saturated heterocycles. The Bertz CT molecular complexity index is 421. The first kappa shape index (κ1) is 15.0. The second-order valence-electron chi connectivity index (χ2n) is 5.56. The van der Waals surface area contributed by atoms with Crippen LogP contribution in [0.5, 0.6) is 0 Å². The van der Waals surface area contributed by atoms with Gasteiger partial charge in [0.05, 0.1) is 4.47 Å². The van der Waals surface area contributed by atoms with Crippen LogP contribution in [0.2, 0.25) is 0 Å². The Morgan fingerprint density at radius 2 is 2.11 bits per heavy atom. The summed E-state index contributed by atoms with van der Waals surface area (Å²) in [5.74, 6) is 1.27. The molecule has 106 valence electrons. The highest BCUT2D eigenvalue weighted by Crippen LogP contribution is 2.40. The van der Waals surface area contributed by atoms with Gasteiger partial charge in [-0.2, -0.15) is 0 Å². The lowest BCUT2D eigenvalue weighted by Crippen LogP contribution is -2.32. The molecule has 2 rings (SSSR count). The molecule has 3 atom stereocenters. The van der Waals surface area contributed by atoms with Crippen molar-refractivity contribution in [2.24, 2.45) is 11.8 Å². The van der Waals surface area contributed by atoms with Crippen LogP contribution in [0.4, 0.5) is 4.39 Å². The highest BCUT2D eigenvalue weighted by atomic mass is 79.9. The molecule has 3 unspecified atom stereocenters. The van der Waals surface area contributed by atoms with Gasteiger partial charge in [0.15, 0.2) is 0 Å². The zero-order valence-corrected chi connectivity index (χ0v) is 13.3. The quantitative estimate of drug-likeness (QED) is 0.814. The first-order chi connectivity index (χ1) is 9.17. The normalized spacial score (nSPS) is 25.3. The Labute approximate surface area is 124 Å². The second kappa shape index (κ2) is 6.85. The summed E-state index contributed by atoms with van der Waals surface area (Å²) in [6, 6.07) is 5.75. The Morgan fingerprint density at radius 1 is 1.37 bits per heavy atom. The summed E-state index contributed by atoms with van der Waals surface area (Å²) in [5.41, 5.74) is 1.20. The predicted molar refractivity (Wildman–Crippen MR) is 81.6 cm³/mol. The largest absolute Gasteiger partial charge is 0.313 e. The molecule has 0 radical (unpaired) electrons. The zero-order chi connectivity index (χ0) is 13.8. The zero-order valence-electron chi connectivity index (χ0n) is 11.8. The van der Waals surface area contributed by atoms with E-state index in [-0.39, 0.29) is 5.82 Å². The molecule has 0 bridgehead atoms. The van der Waals surface area contributed by atoms with Gasteiger partial charge in [-0.15, -0.1) is 0 Å². The van der Waals surface area contributed by atoms with Crippen molar-refractivity contribution in [1.82, 2.24) is 5.32 Å². The van der Waals surface area contributed by atoms with Gasteiger partial charge >= 0.3 is 0 Å². The first-order valence-corrected chi connectivity index (χ1v) is 8.08. The fourth-order valence-corrected chi connectivity index (χ4v) is 3.91. The number of hydrogen-bond donors (Lipinski definition) is 1. The van der Waals surface area contributed by atoms with Crippen molar-refractivity contribution in [3.63, 3.8) is 0 Å². The standard InChI is InChI=1S/C16H23BrFN/c1-3-11-6-4-5-7-13(11)16(19-2)12-8-9-15(18)14(17)10-12/h8-11,13,16,19H,3-7H2,1-2H3.